The largest absolute Gasteiger partial charge is 0.493 e. The van der Waals surface area contributed by atoms with E-state index < -0.39 is 0 Å². The Balaban J connectivity index is 1.71. The van der Waals surface area contributed by atoms with Gasteiger partial charge in [-0.25, -0.2) is 0 Å². The molecule has 0 atom stereocenters. The Morgan fingerprint density at radius 3 is 2.62 bits per heavy atom. The fraction of sp³-hybridized carbons (Fsp3) is 0.476. The number of aromatic nitrogens is 1. The Labute approximate surface area is 144 Å². The number of fused-ring (bicyclic) bond motifs is 1. The second-order valence-corrected chi connectivity index (χ2v) is 6.92. The molecule has 1 aromatic carbocycles. The Kier molecular flexibility index (Phi) is 4.42. The van der Waals surface area contributed by atoms with Crippen molar-refractivity contribution in [2.75, 3.05) is 7.11 Å². The number of nitrogens with zero attached hydrogens (tertiary/aromatic N) is 1. The molecule has 0 amide bonds. The Hall–Kier alpha value is -2.03. The summed E-state index contributed by atoms with van der Waals surface area (Å²) >= 11 is 0. The van der Waals surface area contributed by atoms with E-state index in [2.05, 4.69) is 17.1 Å². The fourth-order valence-corrected chi connectivity index (χ4v) is 4.03. The molecular formula is C21H25NO2. The monoisotopic (exact) mass is 323 g/mol. The second kappa shape index (κ2) is 6.84. The highest BCUT2D eigenvalue weighted by atomic mass is 16.5. The summed E-state index contributed by atoms with van der Waals surface area (Å²) in [5.41, 5.74) is 5.32. The van der Waals surface area contributed by atoms with Gasteiger partial charge in [0.05, 0.1) is 13.2 Å². The molecule has 126 valence electrons. The van der Waals surface area contributed by atoms with Crippen LogP contribution in [0.5, 0.6) is 11.5 Å². The van der Waals surface area contributed by atoms with E-state index in [1.165, 1.54) is 47.9 Å². The van der Waals surface area contributed by atoms with Gasteiger partial charge < -0.3 is 9.47 Å². The maximum Gasteiger partial charge on any atom is 0.162 e. The highest BCUT2D eigenvalue weighted by Crippen LogP contribution is 2.37. The average molecular weight is 323 g/mol. The minimum absolute atomic E-state index is 0.331. The number of hydrogen-bond acceptors (Lipinski definition) is 3. The van der Waals surface area contributed by atoms with Gasteiger partial charge in [0.25, 0.3) is 0 Å². The predicted octanol–water partition coefficient (Wildman–Crippen LogP) is 4.96. The van der Waals surface area contributed by atoms with Gasteiger partial charge in [0.1, 0.15) is 0 Å². The molecule has 24 heavy (non-hydrogen) atoms. The molecule has 0 aliphatic heterocycles. The van der Waals surface area contributed by atoms with Gasteiger partial charge in [-0.1, -0.05) is 6.07 Å². The third-order valence-electron chi connectivity index (χ3n) is 5.34. The van der Waals surface area contributed by atoms with Crippen LogP contribution in [0, 0.1) is 0 Å². The smallest absolute Gasteiger partial charge is 0.162 e. The van der Waals surface area contributed by atoms with Crippen molar-refractivity contribution in [3.8, 4) is 22.6 Å². The first-order valence-corrected chi connectivity index (χ1v) is 9.16. The molecule has 0 N–H and O–H groups in total. The summed E-state index contributed by atoms with van der Waals surface area (Å²) in [6.07, 6.45) is 14.1. The number of pyridine rings is 1. The molecule has 4 rings (SSSR count). The Morgan fingerprint density at radius 2 is 1.79 bits per heavy atom. The van der Waals surface area contributed by atoms with Crippen molar-refractivity contribution >= 4 is 0 Å². The lowest BCUT2D eigenvalue weighted by atomic mass is 9.88. The van der Waals surface area contributed by atoms with Crippen LogP contribution in [0.15, 0.2) is 30.6 Å². The number of hydrogen-bond donors (Lipinski definition) is 0. The zero-order valence-electron chi connectivity index (χ0n) is 14.4. The molecule has 0 unspecified atom stereocenters. The van der Waals surface area contributed by atoms with Gasteiger partial charge in [-0.05, 0) is 80.2 Å². The average Bonchev–Trinajstić information content (AvgIpc) is 3.14. The third-order valence-corrected chi connectivity index (χ3v) is 5.34. The van der Waals surface area contributed by atoms with Crippen LogP contribution in [0.25, 0.3) is 11.1 Å². The molecule has 0 spiro atoms. The van der Waals surface area contributed by atoms with E-state index >= 15 is 0 Å². The highest BCUT2D eigenvalue weighted by molar-refractivity contribution is 5.71. The van der Waals surface area contributed by atoms with Gasteiger partial charge in [-0.3, -0.25) is 4.98 Å². The van der Waals surface area contributed by atoms with Crippen molar-refractivity contribution in [1.29, 1.82) is 0 Å². The zero-order chi connectivity index (χ0) is 16.4. The minimum atomic E-state index is 0.331. The number of aryl methyl sites for hydroxylation is 1. The van der Waals surface area contributed by atoms with E-state index in [0.29, 0.717) is 6.10 Å². The standard InChI is InChI=1S/C21H25NO2/c1-23-20-11-10-15(12-21(20)24-17-7-3-4-8-17)19-14-22-13-16-6-2-5-9-18(16)19/h10-14,17H,2-9H2,1H3. The van der Waals surface area contributed by atoms with Crippen molar-refractivity contribution in [1.82, 2.24) is 4.98 Å². The number of benzene rings is 1. The van der Waals surface area contributed by atoms with Gasteiger partial charge in [-0.2, -0.15) is 0 Å². The molecule has 2 aliphatic rings. The highest BCUT2D eigenvalue weighted by Gasteiger charge is 2.20. The molecule has 0 radical (unpaired) electrons. The summed E-state index contributed by atoms with van der Waals surface area (Å²) in [6, 6.07) is 6.30. The van der Waals surface area contributed by atoms with Crippen LogP contribution in [0.3, 0.4) is 0 Å². The summed E-state index contributed by atoms with van der Waals surface area (Å²) in [6.45, 7) is 0. The summed E-state index contributed by atoms with van der Waals surface area (Å²) in [4.78, 5) is 4.48. The summed E-state index contributed by atoms with van der Waals surface area (Å²) in [5.74, 6) is 1.69. The van der Waals surface area contributed by atoms with Crippen molar-refractivity contribution < 1.29 is 9.47 Å². The van der Waals surface area contributed by atoms with Gasteiger partial charge in [0, 0.05) is 18.0 Å². The van der Waals surface area contributed by atoms with E-state index in [0.717, 1.165) is 37.2 Å². The molecule has 0 bridgehead atoms. The van der Waals surface area contributed by atoms with Crippen LogP contribution in [0.1, 0.15) is 49.7 Å². The van der Waals surface area contributed by atoms with Gasteiger partial charge in [0.15, 0.2) is 11.5 Å². The maximum absolute atomic E-state index is 6.26. The lowest BCUT2D eigenvalue weighted by molar-refractivity contribution is 0.201. The van der Waals surface area contributed by atoms with Crippen LogP contribution in [0.4, 0.5) is 0 Å². The molecule has 3 nitrogen and oxygen atoms in total. The van der Waals surface area contributed by atoms with Crippen LogP contribution < -0.4 is 9.47 Å². The molecule has 2 aromatic rings. The molecule has 1 heterocycles. The van der Waals surface area contributed by atoms with E-state index in [1.54, 1.807) is 7.11 Å². The SMILES string of the molecule is COc1ccc(-c2cncc3c2CCCC3)cc1OC1CCCC1. The van der Waals surface area contributed by atoms with Crippen LogP contribution in [-0.2, 0) is 12.8 Å². The normalized spacial score (nSPS) is 17.5. The zero-order valence-corrected chi connectivity index (χ0v) is 14.4. The van der Waals surface area contributed by atoms with E-state index in [-0.39, 0.29) is 0 Å². The second-order valence-electron chi connectivity index (χ2n) is 6.92. The van der Waals surface area contributed by atoms with Gasteiger partial charge in [0.2, 0.25) is 0 Å². The van der Waals surface area contributed by atoms with Gasteiger partial charge in [-0.15, -0.1) is 0 Å². The number of rotatable bonds is 4. The summed E-state index contributed by atoms with van der Waals surface area (Å²) in [5, 5.41) is 0. The molecule has 1 fully saturated rings. The quantitative estimate of drug-likeness (QED) is 0.797. The molecule has 2 aliphatic carbocycles. The van der Waals surface area contributed by atoms with Gasteiger partial charge >= 0.3 is 0 Å². The van der Waals surface area contributed by atoms with Crippen molar-refractivity contribution in [3.05, 3.63) is 41.7 Å². The molecular weight excluding hydrogens is 298 g/mol. The molecule has 1 saturated carbocycles. The summed E-state index contributed by atoms with van der Waals surface area (Å²) < 4.78 is 11.8. The first-order chi connectivity index (χ1) is 11.8. The topological polar surface area (TPSA) is 31.4 Å². The van der Waals surface area contributed by atoms with Crippen molar-refractivity contribution in [2.24, 2.45) is 0 Å². The Morgan fingerprint density at radius 1 is 0.958 bits per heavy atom. The number of ether oxygens (including phenoxy) is 2. The molecule has 1 aromatic heterocycles. The third kappa shape index (κ3) is 3.00. The lowest BCUT2D eigenvalue weighted by Gasteiger charge is -2.20. The first kappa shape index (κ1) is 15.5. The maximum atomic E-state index is 6.26. The van der Waals surface area contributed by atoms with Crippen LogP contribution in [0.2, 0.25) is 0 Å². The minimum Gasteiger partial charge on any atom is -0.493 e. The first-order valence-electron chi connectivity index (χ1n) is 9.16. The van der Waals surface area contributed by atoms with Crippen molar-refractivity contribution in [3.63, 3.8) is 0 Å². The van der Waals surface area contributed by atoms with E-state index in [1.807, 2.05) is 18.5 Å². The predicted molar refractivity (Wildman–Crippen MR) is 95.8 cm³/mol. The summed E-state index contributed by atoms with van der Waals surface area (Å²) in [7, 11) is 1.71. The number of methoxy groups -OCH3 is 1. The van der Waals surface area contributed by atoms with E-state index in [4.69, 9.17) is 9.47 Å². The van der Waals surface area contributed by atoms with Crippen molar-refractivity contribution in [2.45, 2.75) is 57.5 Å². The van der Waals surface area contributed by atoms with Crippen LogP contribution in [-0.4, -0.2) is 18.2 Å². The Bertz CT molecular complexity index is 720. The van der Waals surface area contributed by atoms with E-state index in [9.17, 15) is 0 Å². The molecule has 3 heteroatoms. The molecule has 0 saturated heterocycles. The lowest BCUT2D eigenvalue weighted by Crippen LogP contribution is -2.11. The van der Waals surface area contributed by atoms with Crippen LogP contribution >= 0.6 is 0 Å². The fourth-order valence-electron chi connectivity index (χ4n) is 4.03.